The van der Waals surface area contributed by atoms with Crippen LogP contribution in [0.3, 0.4) is 0 Å². The number of hydrogen-bond acceptors (Lipinski definition) is 5. The number of nitrogens with zero attached hydrogens (tertiary/aromatic N) is 4. The van der Waals surface area contributed by atoms with E-state index in [0.717, 1.165) is 66.8 Å². The Kier molecular flexibility index (Phi) is 7.73. The van der Waals surface area contributed by atoms with Gasteiger partial charge in [-0.25, -0.2) is 15.0 Å². The molecule has 0 unspecified atom stereocenters. The summed E-state index contributed by atoms with van der Waals surface area (Å²) in [6.07, 6.45) is 0. The molecule has 2 heterocycles. The summed E-state index contributed by atoms with van der Waals surface area (Å²) in [6, 6.07) is 67.1. The number of fused-ring (bicyclic) bond motifs is 4. The van der Waals surface area contributed by atoms with Crippen LogP contribution in [0, 0.1) is 0 Å². The van der Waals surface area contributed by atoms with Crippen molar-refractivity contribution < 1.29 is 4.42 Å². The summed E-state index contributed by atoms with van der Waals surface area (Å²) < 4.78 is 6.47. The number of aromatic nitrogens is 3. The van der Waals surface area contributed by atoms with E-state index in [4.69, 9.17) is 19.4 Å². The van der Waals surface area contributed by atoms with Crippen molar-refractivity contribution in [3.63, 3.8) is 0 Å². The topological polar surface area (TPSA) is 55.1 Å². The van der Waals surface area contributed by atoms with Crippen molar-refractivity contribution in [3.05, 3.63) is 194 Å². The monoisotopic (exact) mass is 692 g/mol. The van der Waals surface area contributed by atoms with E-state index in [1.807, 2.05) is 66.7 Å². The van der Waals surface area contributed by atoms with E-state index < -0.39 is 0 Å². The summed E-state index contributed by atoms with van der Waals surface area (Å²) in [5.41, 5.74) is 9.88. The normalized spacial score (nSPS) is 11.3. The summed E-state index contributed by atoms with van der Waals surface area (Å²) in [6.45, 7) is 0. The molecule has 254 valence electrons. The Morgan fingerprint density at radius 1 is 0.333 bits per heavy atom. The molecule has 0 fully saturated rings. The molecule has 2 aromatic heterocycles. The van der Waals surface area contributed by atoms with Gasteiger partial charge in [0.2, 0.25) is 0 Å². The van der Waals surface area contributed by atoms with E-state index in [0.29, 0.717) is 17.5 Å². The maximum Gasteiger partial charge on any atom is 0.164 e. The second-order valence-corrected chi connectivity index (χ2v) is 13.3. The predicted molar refractivity (Wildman–Crippen MR) is 221 cm³/mol. The lowest BCUT2D eigenvalue weighted by molar-refractivity contribution is 0.669. The average Bonchev–Trinajstić information content (AvgIpc) is 3.62. The highest BCUT2D eigenvalue weighted by Crippen LogP contribution is 2.41. The van der Waals surface area contributed by atoms with Gasteiger partial charge in [0.25, 0.3) is 0 Å². The van der Waals surface area contributed by atoms with Crippen LogP contribution in [0.1, 0.15) is 0 Å². The van der Waals surface area contributed by atoms with Crippen molar-refractivity contribution in [2.75, 3.05) is 4.90 Å². The van der Waals surface area contributed by atoms with Crippen LogP contribution in [0.4, 0.5) is 17.1 Å². The standard InChI is InChI=1S/C49H32N4O/c1-4-15-34(16-5-1)47-50-48(35-17-6-2-7-18-35)52-49(51-47)38-26-28-42-43-31-37(27-29-45(43)54-46(42)32-38)36-20-12-23-40(30-36)53(39-21-8-3-9-22-39)44-25-13-19-33-14-10-11-24-41(33)44/h1-32H. The third kappa shape index (κ3) is 5.74. The largest absolute Gasteiger partial charge is 0.456 e. The molecule has 0 aliphatic heterocycles. The second kappa shape index (κ2) is 13.3. The minimum atomic E-state index is 0.594. The molecule has 0 saturated heterocycles. The molecule has 0 spiro atoms. The highest BCUT2D eigenvalue weighted by Gasteiger charge is 2.18. The molecule has 5 heteroatoms. The van der Waals surface area contributed by atoms with E-state index >= 15 is 0 Å². The highest BCUT2D eigenvalue weighted by atomic mass is 16.3. The van der Waals surface area contributed by atoms with Gasteiger partial charge in [-0.3, -0.25) is 0 Å². The van der Waals surface area contributed by atoms with Gasteiger partial charge in [-0.1, -0.05) is 140 Å². The number of hydrogen-bond donors (Lipinski definition) is 0. The van der Waals surface area contributed by atoms with Crippen molar-refractivity contribution >= 4 is 49.8 Å². The molecule has 0 aliphatic carbocycles. The fourth-order valence-electron chi connectivity index (χ4n) is 7.27. The Balaban J connectivity index is 1.05. The molecule has 5 nitrogen and oxygen atoms in total. The van der Waals surface area contributed by atoms with E-state index in [9.17, 15) is 0 Å². The van der Waals surface area contributed by atoms with Crippen molar-refractivity contribution in [1.82, 2.24) is 15.0 Å². The molecule has 0 aliphatic rings. The first kappa shape index (κ1) is 31.4. The lowest BCUT2D eigenvalue weighted by atomic mass is 10.0. The number of furan rings is 1. The maximum absolute atomic E-state index is 6.47. The van der Waals surface area contributed by atoms with Crippen molar-refractivity contribution in [2.45, 2.75) is 0 Å². The molecule has 10 rings (SSSR count). The Hall–Kier alpha value is -7.37. The smallest absolute Gasteiger partial charge is 0.164 e. The van der Waals surface area contributed by atoms with Gasteiger partial charge in [0.05, 0.1) is 5.69 Å². The summed E-state index contributed by atoms with van der Waals surface area (Å²) in [5.74, 6) is 1.85. The van der Waals surface area contributed by atoms with Crippen LogP contribution in [-0.2, 0) is 0 Å². The zero-order valence-electron chi connectivity index (χ0n) is 29.2. The molecule has 0 atom stereocenters. The van der Waals surface area contributed by atoms with Gasteiger partial charge in [-0.15, -0.1) is 0 Å². The molecule has 0 bridgehead atoms. The number of anilines is 3. The van der Waals surface area contributed by atoms with Gasteiger partial charge in [0, 0.05) is 44.2 Å². The maximum atomic E-state index is 6.47. The molecule has 0 radical (unpaired) electrons. The Labute approximate surface area is 312 Å². The molecular formula is C49H32N4O. The third-order valence-electron chi connectivity index (χ3n) is 9.89. The minimum Gasteiger partial charge on any atom is -0.456 e. The fourth-order valence-corrected chi connectivity index (χ4v) is 7.27. The first-order valence-electron chi connectivity index (χ1n) is 18.0. The summed E-state index contributed by atoms with van der Waals surface area (Å²) in [5, 5.41) is 4.49. The molecule has 0 amide bonds. The van der Waals surface area contributed by atoms with Crippen LogP contribution < -0.4 is 4.90 Å². The van der Waals surface area contributed by atoms with Crippen molar-refractivity contribution in [3.8, 4) is 45.3 Å². The SMILES string of the molecule is c1ccc(-c2nc(-c3ccccc3)nc(-c3ccc4c(c3)oc3ccc(-c5cccc(N(c6ccccc6)c6cccc7ccccc67)c5)cc34)n2)cc1. The zero-order valence-corrected chi connectivity index (χ0v) is 29.2. The van der Waals surface area contributed by atoms with Crippen LogP contribution >= 0.6 is 0 Å². The average molecular weight is 693 g/mol. The lowest BCUT2D eigenvalue weighted by Gasteiger charge is -2.27. The fraction of sp³-hybridized carbons (Fsp3) is 0. The second-order valence-electron chi connectivity index (χ2n) is 13.3. The lowest BCUT2D eigenvalue weighted by Crippen LogP contribution is -2.10. The summed E-state index contributed by atoms with van der Waals surface area (Å²) in [7, 11) is 0. The van der Waals surface area contributed by atoms with Gasteiger partial charge >= 0.3 is 0 Å². The van der Waals surface area contributed by atoms with Gasteiger partial charge in [-0.2, -0.15) is 0 Å². The Morgan fingerprint density at radius 3 is 1.63 bits per heavy atom. The first-order valence-corrected chi connectivity index (χ1v) is 18.0. The summed E-state index contributed by atoms with van der Waals surface area (Å²) in [4.78, 5) is 17.0. The van der Waals surface area contributed by atoms with Gasteiger partial charge < -0.3 is 9.32 Å². The first-order chi connectivity index (χ1) is 26.7. The van der Waals surface area contributed by atoms with Crippen LogP contribution in [0.2, 0.25) is 0 Å². The van der Waals surface area contributed by atoms with Gasteiger partial charge in [0.1, 0.15) is 11.2 Å². The number of para-hydroxylation sites is 1. The predicted octanol–water partition coefficient (Wildman–Crippen LogP) is 13.1. The van der Waals surface area contributed by atoms with Gasteiger partial charge in [0.15, 0.2) is 17.5 Å². The Morgan fingerprint density at radius 2 is 0.889 bits per heavy atom. The molecular weight excluding hydrogens is 661 g/mol. The Bertz CT molecular complexity index is 2880. The number of benzene rings is 8. The number of rotatable bonds is 7. The summed E-state index contributed by atoms with van der Waals surface area (Å²) >= 11 is 0. The molecule has 54 heavy (non-hydrogen) atoms. The van der Waals surface area contributed by atoms with E-state index in [2.05, 4.69) is 132 Å². The highest BCUT2D eigenvalue weighted by molar-refractivity contribution is 6.07. The van der Waals surface area contributed by atoms with Crippen molar-refractivity contribution in [1.29, 1.82) is 0 Å². The van der Waals surface area contributed by atoms with Crippen LogP contribution in [0.15, 0.2) is 199 Å². The minimum absolute atomic E-state index is 0.594. The quantitative estimate of drug-likeness (QED) is 0.166. The van der Waals surface area contributed by atoms with Crippen molar-refractivity contribution in [2.24, 2.45) is 0 Å². The van der Waals surface area contributed by atoms with Gasteiger partial charge in [-0.05, 0) is 71.1 Å². The van der Waals surface area contributed by atoms with E-state index in [1.54, 1.807) is 0 Å². The van der Waals surface area contributed by atoms with E-state index in [-0.39, 0.29) is 0 Å². The zero-order chi connectivity index (χ0) is 35.8. The molecule has 0 N–H and O–H groups in total. The van der Waals surface area contributed by atoms with Crippen LogP contribution in [0.25, 0.3) is 78.0 Å². The van der Waals surface area contributed by atoms with Crippen LogP contribution in [-0.4, -0.2) is 15.0 Å². The molecule has 8 aromatic carbocycles. The molecule has 10 aromatic rings. The third-order valence-corrected chi connectivity index (χ3v) is 9.89. The van der Waals surface area contributed by atoms with Crippen LogP contribution in [0.5, 0.6) is 0 Å². The van der Waals surface area contributed by atoms with E-state index in [1.165, 1.54) is 10.8 Å². The molecule has 0 saturated carbocycles.